The van der Waals surface area contributed by atoms with Gasteiger partial charge in [0.15, 0.2) is 3.72 Å². The van der Waals surface area contributed by atoms with E-state index in [0.717, 1.165) is 16.0 Å². The van der Waals surface area contributed by atoms with E-state index in [1.807, 2.05) is 0 Å². The first-order valence-corrected chi connectivity index (χ1v) is 4.28. The van der Waals surface area contributed by atoms with E-state index in [9.17, 15) is 0 Å². The van der Waals surface area contributed by atoms with Gasteiger partial charge in [-0.3, -0.25) is 4.99 Å². The Labute approximate surface area is 79.7 Å². The first-order valence-electron chi connectivity index (χ1n) is 3.20. The number of rotatable bonds is 2. The Balaban J connectivity index is 2.76. The van der Waals surface area contributed by atoms with Crippen molar-refractivity contribution in [3.63, 3.8) is 0 Å². The van der Waals surface area contributed by atoms with Crippen molar-refractivity contribution in [2.45, 2.75) is 6.42 Å². The van der Waals surface area contributed by atoms with Crippen LogP contribution in [-0.2, 0) is 0 Å². The standard InChI is InChI=1S/C8H7IN2/c1-2-4-8-10-6-3-5-7(9)11-8/h2H,1,4,6H2. The molecule has 0 saturated carbocycles. The van der Waals surface area contributed by atoms with E-state index in [1.165, 1.54) is 0 Å². The Morgan fingerprint density at radius 1 is 1.73 bits per heavy atom. The fourth-order valence-corrected chi connectivity index (χ4v) is 1.13. The normalized spacial score (nSPS) is 15.4. The summed E-state index contributed by atoms with van der Waals surface area (Å²) in [5, 5.41) is 0. The molecule has 11 heavy (non-hydrogen) atoms. The molecule has 0 N–H and O–H groups in total. The van der Waals surface area contributed by atoms with Gasteiger partial charge in [0.25, 0.3) is 0 Å². The van der Waals surface area contributed by atoms with Crippen molar-refractivity contribution in [1.82, 2.24) is 0 Å². The van der Waals surface area contributed by atoms with Crippen LogP contribution >= 0.6 is 22.6 Å². The molecule has 0 unspecified atom stereocenters. The van der Waals surface area contributed by atoms with E-state index in [0.29, 0.717) is 6.54 Å². The molecule has 0 aromatic heterocycles. The molecule has 0 saturated heterocycles. The van der Waals surface area contributed by atoms with Gasteiger partial charge in [-0.15, -0.1) is 6.58 Å². The minimum Gasteiger partial charge on any atom is -0.257 e. The molecule has 0 aromatic rings. The summed E-state index contributed by atoms with van der Waals surface area (Å²) in [6.07, 6.45) is 2.51. The van der Waals surface area contributed by atoms with Gasteiger partial charge in [0.1, 0.15) is 12.4 Å². The molecule has 0 atom stereocenters. The molecule has 0 aromatic carbocycles. The third-order valence-electron chi connectivity index (χ3n) is 1.09. The quantitative estimate of drug-likeness (QED) is 0.410. The zero-order valence-electron chi connectivity index (χ0n) is 5.97. The molecule has 0 aliphatic carbocycles. The van der Waals surface area contributed by atoms with E-state index in [-0.39, 0.29) is 0 Å². The van der Waals surface area contributed by atoms with Crippen LogP contribution in [0.4, 0.5) is 0 Å². The monoisotopic (exact) mass is 258 g/mol. The lowest BCUT2D eigenvalue weighted by atomic mass is 10.4. The highest BCUT2D eigenvalue weighted by Gasteiger charge is 1.96. The second kappa shape index (κ2) is 4.29. The van der Waals surface area contributed by atoms with Gasteiger partial charge in [-0.2, -0.15) is 0 Å². The number of hydrogen-bond acceptors (Lipinski definition) is 2. The highest BCUT2D eigenvalue weighted by molar-refractivity contribution is 14.1. The number of aliphatic imine (C=N–C) groups is 2. The lowest BCUT2D eigenvalue weighted by Crippen LogP contribution is -1.93. The van der Waals surface area contributed by atoms with Crippen molar-refractivity contribution in [3.05, 3.63) is 12.7 Å². The lowest BCUT2D eigenvalue weighted by molar-refractivity contribution is 1.23. The van der Waals surface area contributed by atoms with Gasteiger partial charge < -0.3 is 0 Å². The molecule has 3 heteroatoms. The SMILES string of the molecule is C=CCC1=NCC#CC(I)=N1. The van der Waals surface area contributed by atoms with Crippen molar-refractivity contribution in [1.29, 1.82) is 0 Å². The van der Waals surface area contributed by atoms with Crippen molar-refractivity contribution in [3.8, 4) is 11.8 Å². The second-order valence-corrected chi connectivity index (χ2v) is 2.95. The van der Waals surface area contributed by atoms with Crippen molar-refractivity contribution < 1.29 is 0 Å². The molecular formula is C8H7IN2. The predicted octanol–water partition coefficient (Wildman–Crippen LogP) is 1.81. The Bertz CT molecular complexity index is 278. The summed E-state index contributed by atoms with van der Waals surface area (Å²) < 4.78 is 0.806. The van der Waals surface area contributed by atoms with Crippen LogP contribution in [0.3, 0.4) is 0 Å². The summed E-state index contributed by atoms with van der Waals surface area (Å²) in [6, 6.07) is 0. The Morgan fingerprint density at radius 3 is 3.27 bits per heavy atom. The van der Waals surface area contributed by atoms with Crippen LogP contribution in [0.15, 0.2) is 22.6 Å². The molecule has 1 aliphatic heterocycles. The Morgan fingerprint density at radius 2 is 2.55 bits per heavy atom. The summed E-state index contributed by atoms with van der Waals surface area (Å²) in [4.78, 5) is 8.32. The van der Waals surface area contributed by atoms with Gasteiger partial charge in [0.05, 0.1) is 0 Å². The second-order valence-electron chi connectivity index (χ2n) is 1.93. The van der Waals surface area contributed by atoms with Crippen LogP contribution in [0.2, 0.25) is 0 Å². The molecule has 2 nitrogen and oxygen atoms in total. The third-order valence-corrected chi connectivity index (χ3v) is 1.60. The van der Waals surface area contributed by atoms with Crippen LogP contribution in [-0.4, -0.2) is 16.1 Å². The summed E-state index contributed by atoms with van der Waals surface area (Å²) in [5.41, 5.74) is 0. The maximum atomic E-state index is 4.17. The molecule has 0 radical (unpaired) electrons. The smallest absolute Gasteiger partial charge is 0.152 e. The molecule has 1 aliphatic rings. The topological polar surface area (TPSA) is 24.7 Å². The van der Waals surface area contributed by atoms with Crippen LogP contribution in [0.1, 0.15) is 6.42 Å². The Kier molecular flexibility index (Phi) is 3.30. The Hall–Kier alpha value is -0.630. The highest BCUT2D eigenvalue weighted by Crippen LogP contribution is 1.98. The molecule has 0 spiro atoms. The average Bonchev–Trinajstić information content (AvgIpc) is 2.15. The number of hydrogen-bond donors (Lipinski definition) is 0. The predicted molar refractivity (Wildman–Crippen MR) is 56.3 cm³/mol. The van der Waals surface area contributed by atoms with E-state index in [2.05, 4.69) is 51.0 Å². The molecule has 0 fully saturated rings. The van der Waals surface area contributed by atoms with E-state index in [1.54, 1.807) is 6.08 Å². The zero-order valence-corrected chi connectivity index (χ0v) is 8.13. The minimum atomic E-state index is 0.555. The van der Waals surface area contributed by atoms with Crippen LogP contribution in [0, 0.1) is 11.8 Å². The summed E-state index contributed by atoms with van der Waals surface area (Å²) >= 11 is 2.10. The first-order chi connectivity index (χ1) is 5.33. The molecule has 1 rings (SSSR count). The van der Waals surface area contributed by atoms with Gasteiger partial charge in [-0.05, 0) is 28.5 Å². The zero-order chi connectivity index (χ0) is 8.10. The number of amidine groups is 1. The van der Waals surface area contributed by atoms with E-state index >= 15 is 0 Å². The largest absolute Gasteiger partial charge is 0.257 e. The average molecular weight is 258 g/mol. The fourth-order valence-electron chi connectivity index (χ4n) is 0.659. The fraction of sp³-hybridized carbons (Fsp3) is 0.250. The molecular weight excluding hydrogens is 251 g/mol. The van der Waals surface area contributed by atoms with Crippen molar-refractivity contribution in [2.75, 3.05) is 6.54 Å². The highest BCUT2D eigenvalue weighted by atomic mass is 127. The van der Waals surface area contributed by atoms with Crippen LogP contribution in [0.5, 0.6) is 0 Å². The van der Waals surface area contributed by atoms with Crippen molar-refractivity contribution in [2.24, 2.45) is 9.98 Å². The van der Waals surface area contributed by atoms with E-state index < -0.39 is 0 Å². The first kappa shape index (κ1) is 8.47. The summed E-state index contributed by atoms with van der Waals surface area (Å²) in [6.45, 7) is 4.17. The van der Waals surface area contributed by atoms with Gasteiger partial charge in [-0.1, -0.05) is 12.0 Å². The van der Waals surface area contributed by atoms with Gasteiger partial charge in [-0.25, -0.2) is 4.99 Å². The maximum Gasteiger partial charge on any atom is 0.152 e. The number of halogens is 1. The van der Waals surface area contributed by atoms with Gasteiger partial charge >= 0.3 is 0 Å². The maximum absolute atomic E-state index is 4.17. The van der Waals surface area contributed by atoms with Gasteiger partial charge in [0, 0.05) is 6.42 Å². The lowest BCUT2D eigenvalue weighted by Gasteiger charge is -1.92. The minimum absolute atomic E-state index is 0.555. The van der Waals surface area contributed by atoms with Crippen molar-refractivity contribution >= 4 is 32.1 Å². The molecule has 1 heterocycles. The summed E-state index contributed by atoms with van der Waals surface area (Å²) in [5.74, 6) is 6.55. The number of nitrogens with zero attached hydrogens (tertiary/aromatic N) is 2. The molecule has 56 valence electrons. The molecule has 0 amide bonds. The summed E-state index contributed by atoms with van der Waals surface area (Å²) in [7, 11) is 0. The van der Waals surface area contributed by atoms with Crippen LogP contribution < -0.4 is 0 Å². The van der Waals surface area contributed by atoms with E-state index in [4.69, 9.17) is 0 Å². The van der Waals surface area contributed by atoms with Crippen LogP contribution in [0.25, 0.3) is 0 Å². The molecule has 0 bridgehead atoms. The van der Waals surface area contributed by atoms with Gasteiger partial charge in [0.2, 0.25) is 0 Å². The third kappa shape index (κ3) is 2.85.